The summed E-state index contributed by atoms with van der Waals surface area (Å²) in [7, 11) is 0. The van der Waals surface area contributed by atoms with Crippen LogP contribution in [0.25, 0.3) is 0 Å². The number of rotatable bonds is 5. The first-order chi connectivity index (χ1) is 12.7. The van der Waals surface area contributed by atoms with Gasteiger partial charge in [-0.1, -0.05) is 0 Å². The van der Waals surface area contributed by atoms with Crippen molar-refractivity contribution >= 4 is 30.6 Å². The molecule has 2 aliphatic rings. The van der Waals surface area contributed by atoms with Gasteiger partial charge in [-0.25, -0.2) is 4.79 Å². The number of nitrogens with two attached hydrogens (primary N) is 1. The van der Waals surface area contributed by atoms with Crippen LogP contribution in [0.5, 0.6) is 0 Å². The number of aromatic nitrogens is 2. The highest BCUT2D eigenvalue weighted by Crippen LogP contribution is 2.37. The number of nitrogens with zero attached hydrogens (tertiary/aromatic N) is 2. The second kappa shape index (κ2) is 9.83. The molecular formula is C15H25Cl2N3O9. The highest BCUT2D eigenvalue weighted by molar-refractivity contribution is 5.85. The molecular weight excluding hydrogens is 437 g/mol. The summed E-state index contributed by atoms with van der Waals surface area (Å²) in [5, 5.41) is 49.6. The quantitative estimate of drug-likeness (QED) is 0.264. The van der Waals surface area contributed by atoms with Crippen LogP contribution in [-0.4, -0.2) is 90.7 Å². The second-order valence-electron chi connectivity index (χ2n) is 6.74. The third-order valence-corrected chi connectivity index (χ3v) is 4.81. The molecule has 1 aromatic heterocycles. The van der Waals surface area contributed by atoms with E-state index >= 15 is 0 Å². The zero-order chi connectivity index (χ0) is 19.9. The number of aliphatic hydroxyl groups excluding tert-OH is 4. The number of aliphatic hydroxyl groups is 5. The standard InChI is InChI=1S/C15H23N3O9.2ClH/c1-15(24)11(22)7(5-20)26-13(15)27-10-9(21)6(4-19)25-12(10)18-3-2-8(16)17-14(18)23;;/h2-3,6-7,9-13,19-22,24H,4-5H2,1H3,(H2,16,17,23);2*1H/t6-,7-,9?,10?,11-,12-,13+,15-;;/m0../s1. The summed E-state index contributed by atoms with van der Waals surface area (Å²) in [6, 6.07) is 1.34. The Kier molecular flexibility index (Phi) is 8.81. The van der Waals surface area contributed by atoms with Crippen molar-refractivity contribution in [1.82, 2.24) is 9.55 Å². The molecule has 168 valence electrons. The van der Waals surface area contributed by atoms with E-state index in [2.05, 4.69) is 4.98 Å². The zero-order valence-corrected chi connectivity index (χ0v) is 16.9. The van der Waals surface area contributed by atoms with E-state index in [4.69, 9.17) is 19.9 Å². The Balaban J connectivity index is 0.00000210. The minimum Gasteiger partial charge on any atom is -0.394 e. The van der Waals surface area contributed by atoms with Crippen molar-refractivity contribution in [3.8, 4) is 0 Å². The zero-order valence-electron chi connectivity index (χ0n) is 15.3. The van der Waals surface area contributed by atoms with Gasteiger partial charge in [-0.15, -0.1) is 24.8 Å². The summed E-state index contributed by atoms with van der Waals surface area (Å²) < 4.78 is 17.5. The lowest BCUT2D eigenvalue weighted by atomic mass is 9.97. The SMILES string of the molecule is C[C@@]1(O)[C@@H](OC2C(O)[C@H](CO)O[C@@H]2n2ccc(N)nc2=O)O[C@@H](CO)[C@@H]1O.Cl.Cl. The van der Waals surface area contributed by atoms with Crippen molar-refractivity contribution in [2.45, 2.75) is 55.6 Å². The fraction of sp³-hybridized carbons (Fsp3) is 0.733. The lowest BCUT2D eigenvalue weighted by Crippen LogP contribution is -2.50. The van der Waals surface area contributed by atoms with Crippen molar-refractivity contribution in [1.29, 1.82) is 0 Å². The van der Waals surface area contributed by atoms with Gasteiger partial charge in [0, 0.05) is 6.20 Å². The molecule has 2 unspecified atom stereocenters. The normalized spacial score (nSPS) is 39.0. The van der Waals surface area contributed by atoms with Crippen LogP contribution in [0, 0.1) is 0 Å². The number of halogens is 2. The molecule has 0 saturated carbocycles. The van der Waals surface area contributed by atoms with Crippen molar-refractivity contribution in [2.24, 2.45) is 0 Å². The van der Waals surface area contributed by atoms with Gasteiger partial charge in [0.05, 0.1) is 13.2 Å². The fourth-order valence-electron chi connectivity index (χ4n) is 3.20. The monoisotopic (exact) mass is 461 g/mol. The molecule has 12 nitrogen and oxygen atoms in total. The van der Waals surface area contributed by atoms with Gasteiger partial charge in [0.25, 0.3) is 0 Å². The van der Waals surface area contributed by atoms with Crippen LogP contribution in [0.15, 0.2) is 17.1 Å². The lowest BCUT2D eigenvalue weighted by Gasteiger charge is -2.31. The van der Waals surface area contributed by atoms with Crippen molar-refractivity contribution in [3.05, 3.63) is 22.7 Å². The van der Waals surface area contributed by atoms with Crippen LogP contribution in [0.2, 0.25) is 0 Å². The summed E-state index contributed by atoms with van der Waals surface area (Å²) in [6.07, 6.45) is -7.61. The molecule has 7 N–H and O–H groups in total. The van der Waals surface area contributed by atoms with Crippen LogP contribution < -0.4 is 11.4 Å². The first-order valence-corrected chi connectivity index (χ1v) is 8.32. The van der Waals surface area contributed by atoms with Gasteiger partial charge < -0.3 is 45.5 Å². The number of ether oxygens (including phenoxy) is 3. The number of nitrogen functional groups attached to an aromatic ring is 1. The molecule has 14 heteroatoms. The second-order valence-corrected chi connectivity index (χ2v) is 6.74. The molecule has 0 spiro atoms. The summed E-state index contributed by atoms with van der Waals surface area (Å²) in [5.41, 5.74) is 2.79. The molecule has 0 amide bonds. The maximum absolute atomic E-state index is 12.1. The molecule has 0 aromatic carbocycles. The van der Waals surface area contributed by atoms with E-state index in [0.29, 0.717) is 0 Å². The molecule has 3 rings (SSSR count). The number of anilines is 1. The average Bonchev–Trinajstić information content (AvgIpc) is 3.04. The molecule has 2 aliphatic heterocycles. The van der Waals surface area contributed by atoms with E-state index in [1.807, 2.05) is 0 Å². The van der Waals surface area contributed by atoms with Gasteiger partial charge in [0.2, 0.25) is 0 Å². The van der Waals surface area contributed by atoms with Crippen LogP contribution in [-0.2, 0) is 14.2 Å². The van der Waals surface area contributed by atoms with E-state index in [0.717, 1.165) is 4.57 Å². The first kappa shape index (κ1) is 26.0. The van der Waals surface area contributed by atoms with E-state index in [1.165, 1.54) is 19.2 Å². The Morgan fingerprint density at radius 2 is 1.86 bits per heavy atom. The largest absolute Gasteiger partial charge is 0.394 e. The van der Waals surface area contributed by atoms with Crippen LogP contribution in [0.1, 0.15) is 13.2 Å². The van der Waals surface area contributed by atoms with Crippen LogP contribution in [0.4, 0.5) is 5.82 Å². The van der Waals surface area contributed by atoms with Gasteiger partial charge in [0.1, 0.15) is 41.9 Å². The minimum atomic E-state index is -1.90. The maximum Gasteiger partial charge on any atom is 0.351 e. The average molecular weight is 462 g/mol. The van der Waals surface area contributed by atoms with E-state index in [9.17, 15) is 30.3 Å². The Morgan fingerprint density at radius 1 is 1.24 bits per heavy atom. The number of hydrogen-bond donors (Lipinski definition) is 6. The predicted octanol–water partition coefficient (Wildman–Crippen LogP) is -2.87. The van der Waals surface area contributed by atoms with Gasteiger partial charge in [-0.05, 0) is 13.0 Å². The number of hydrogen-bond acceptors (Lipinski definition) is 11. The van der Waals surface area contributed by atoms with Crippen molar-refractivity contribution < 1.29 is 39.7 Å². The third kappa shape index (κ3) is 4.66. The van der Waals surface area contributed by atoms with Gasteiger partial charge >= 0.3 is 5.69 Å². The molecule has 8 atom stereocenters. The molecule has 1 aromatic rings. The van der Waals surface area contributed by atoms with Crippen LogP contribution >= 0.6 is 24.8 Å². The molecule has 0 radical (unpaired) electrons. The molecule has 0 bridgehead atoms. The van der Waals surface area contributed by atoms with Gasteiger partial charge in [-0.3, -0.25) is 4.57 Å². The fourth-order valence-corrected chi connectivity index (χ4v) is 3.20. The van der Waals surface area contributed by atoms with Crippen molar-refractivity contribution in [3.63, 3.8) is 0 Å². The first-order valence-electron chi connectivity index (χ1n) is 8.32. The molecule has 2 saturated heterocycles. The van der Waals surface area contributed by atoms with Crippen molar-refractivity contribution in [2.75, 3.05) is 18.9 Å². The van der Waals surface area contributed by atoms with E-state index < -0.39 is 67.5 Å². The smallest absolute Gasteiger partial charge is 0.351 e. The van der Waals surface area contributed by atoms with Gasteiger partial charge in [0.15, 0.2) is 12.5 Å². The third-order valence-electron chi connectivity index (χ3n) is 4.81. The summed E-state index contributed by atoms with van der Waals surface area (Å²) in [4.78, 5) is 15.7. The van der Waals surface area contributed by atoms with Crippen LogP contribution in [0.3, 0.4) is 0 Å². The Morgan fingerprint density at radius 3 is 2.38 bits per heavy atom. The van der Waals surface area contributed by atoms with E-state index in [-0.39, 0.29) is 30.6 Å². The Hall–Kier alpha value is -1.06. The predicted molar refractivity (Wildman–Crippen MR) is 102 cm³/mol. The van der Waals surface area contributed by atoms with E-state index in [1.54, 1.807) is 0 Å². The molecule has 29 heavy (non-hydrogen) atoms. The Labute approximate surface area is 177 Å². The molecule has 2 fully saturated rings. The maximum atomic E-state index is 12.1. The Bertz CT molecular complexity index is 737. The summed E-state index contributed by atoms with van der Waals surface area (Å²) in [5.74, 6) is -0.0121. The van der Waals surface area contributed by atoms with Gasteiger partial charge in [-0.2, -0.15) is 4.98 Å². The highest BCUT2D eigenvalue weighted by atomic mass is 35.5. The topological polar surface area (TPSA) is 190 Å². The summed E-state index contributed by atoms with van der Waals surface area (Å²) >= 11 is 0. The summed E-state index contributed by atoms with van der Waals surface area (Å²) in [6.45, 7) is 0.124. The minimum absolute atomic E-state index is 0. The molecule has 3 heterocycles. The lowest BCUT2D eigenvalue weighted by molar-refractivity contribution is -0.243. The highest BCUT2D eigenvalue weighted by Gasteiger charge is 2.56. The molecule has 0 aliphatic carbocycles.